The van der Waals surface area contributed by atoms with Crippen LogP contribution in [0.4, 0.5) is 0 Å². The summed E-state index contributed by atoms with van der Waals surface area (Å²) in [6, 6.07) is 16.8. The lowest BCUT2D eigenvalue weighted by Gasteiger charge is -2.19. The van der Waals surface area contributed by atoms with Crippen LogP contribution in [0.3, 0.4) is 0 Å². The zero-order chi connectivity index (χ0) is 19.0. The molecule has 0 saturated carbocycles. The van der Waals surface area contributed by atoms with Crippen LogP contribution in [-0.4, -0.2) is 33.0 Å². The van der Waals surface area contributed by atoms with Crippen LogP contribution in [0.1, 0.15) is 11.1 Å². The minimum Gasteiger partial charge on any atom is -0.507 e. The van der Waals surface area contributed by atoms with E-state index in [4.69, 9.17) is 5.41 Å². The number of phenols is 1. The van der Waals surface area contributed by atoms with Gasteiger partial charge in [0.15, 0.2) is 5.17 Å². The number of rotatable bonds is 3. The summed E-state index contributed by atoms with van der Waals surface area (Å²) < 4.78 is 0. The van der Waals surface area contributed by atoms with Crippen LogP contribution in [-0.2, 0) is 11.3 Å². The third-order valence-corrected chi connectivity index (χ3v) is 6.55. The van der Waals surface area contributed by atoms with Crippen LogP contribution in [0.25, 0.3) is 5.70 Å². The summed E-state index contributed by atoms with van der Waals surface area (Å²) in [7, 11) is 1.87. The van der Waals surface area contributed by atoms with Gasteiger partial charge in [0.25, 0.3) is 5.91 Å². The Morgan fingerprint density at radius 3 is 2.52 bits per heavy atom. The van der Waals surface area contributed by atoms with Crippen molar-refractivity contribution in [2.45, 2.75) is 6.54 Å². The fraction of sp³-hybridized carbons (Fsp3) is 0.100. The highest BCUT2D eigenvalue weighted by Crippen LogP contribution is 2.46. The Balaban J connectivity index is 1.60. The quantitative estimate of drug-likeness (QED) is 0.761. The third kappa shape index (κ3) is 3.24. The maximum absolute atomic E-state index is 13.0. The van der Waals surface area contributed by atoms with Crippen molar-refractivity contribution in [1.82, 2.24) is 9.80 Å². The maximum Gasteiger partial charge on any atom is 0.269 e. The van der Waals surface area contributed by atoms with Crippen LogP contribution in [0.2, 0.25) is 0 Å². The van der Waals surface area contributed by atoms with Gasteiger partial charge in [-0.15, -0.1) is 0 Å². The highest BCUT2D eigenvalue weighted by molar-refractivity contribution is 8.19. The van der Waals surface area contributed by atoms with Crippen LogP contribution in [0.5, 0.6) is 5.75 Å². The summed E-state index contributed by atoms with van der Waals surface area (Å²) in [4.78, 5) is 16.9. The number of thioether (sulfide) groups is 2. The maximum atomic E-state index is 13.0. The van der Waals surface area contributed by atoms with E-state index in [0.29, 0.717) is 11.4 Å². The fourth-order valence-electron chi connectivity index (χ4n) is 2.97. The molecule has 1 saturated heterocycles. The molecule has 2 heterocycles. The van der Waals surface area contributed by atoms with E-state index in [2.05, 4.69) is 0 Å². The molecule has 2 aromatic carbocycles. The predicted octanol–water partition coefficient (Wildman–Crippen LogP) is 4.25. The van der Waals surface area contributed by atoms with Gasteiger partial charge in [-0.2, -0.15) is 0 Å². The van der Waals surface area contributed by atoms with Gasteiger partial charge >= 0.3 is 0 Å². The molecule has 1 amide bonds. The van der Waals surface area contributed by atoms with Crippen molar-refractivity contribution in [3.05, 3.63) is 81.1 Å². The van der Waals surface area contributed by atoms with E-state index in [-0.39, 0.29) is 16.8 Å². The average Bonchev–Trinajstić information content (AvgIpc) is 3.17. The zero-order valence-electron chi connectivity index (χ0n) is 14.5. The molecule has 2 N–H and O–H groups in total. The third-order valence-electron chi connectivity index (χ3n) is 4.39. The smallest absolute Gasteiger partial charge is 0.269 e. The lowest BCUT2D eigenvalue weighted by atomic mass is 10.1. The van der Waals surface area contributed by atoms with E-state index in [0.717, 1.165) is 21.9 Å². The van der Waals surface area contributed by atoms with E-state index in [1.54, 1.807) is 12.1 Å². The summed E-state index contributed by atoms with van der Waals surface area (Å²) in [6.07, 6.45) is 0. The number of carbonyl (C=O) groups is 1. The number of amides is 1. The Bertz CT molecular complexity index is 986. The number of hydrogen-bond acceptors (Lipinski definition) is 6. The number of carbonyl (C=O) groups excluding carboxylic acids is 1. The molecule has 0 aromatic heterocycles. The summed E-state index contributed by atoms with van der Waals surface area (Å²) in [6.45, 7) is 0.385. The van der Waals surface area contributed by atoms with Gasteiger partial charge in [0, 0.05) is 18.0 Å². The second kappa shape index (κ2) is 7.17. The lowest BCUT2D eigenvalue weighted by Crippen LogP contribution is -2.28. The molecule has 1 fully saturated rings. The number of benzene rings is 2. The molecule has 5 nitrogen and oxygen atoms in total. The number of hydrogen-bond donors (Lipinski definition) is 2. The van der Waals surface area contributed by atoms with Crippen LogP contribution in [0.15, 0.2) is 69.9 Å². The van der Waals surface area contributed by atoms with Gasteiger partial charge in [0.2, 0.25) is 0 Å². The second-order valence-electron chi connectivity index (χ2n) is 6.12. The average molecular weight is 396 g/mol. The number of amidine groups is 1. The minimum atomic E-state index is -0.157. The number of nitrogens with zero attached hydrogens (tertiary/aromatic N) is 2. The van der Waals surface area contributed by atoms with Gasteiger partial charge in [-0.3, -0.25) is 15.1 Å². The Morgan fingerprint density at radius 2 is 1.78 bits per heavy atom. The topological polar surface area (TPSA) is 67.6 Å². The van der Waals surface area contributed by atoms with E-state index in [9.17, 15) is 9.90 Å². The van der Waals surface area contributed by atoms with Gasteiger partial charge in [-0.1, -0.05) is 54.2 Å². The minimum absolute atomic E-state index is 0.157. The first kappa shape index (κ1) is 17.8. The molecule has 2 aliphatic heterocycles. The van der Waals surface area contributed by atoms with Crippen molar-refractivity contribution in [1.29, 1.82) is 5.41 Å². The molecule has 27 heavy (non-hydrogen) atoms. The number of phenolic OH excluding ortho intramolecular Hbond substituents is 1. The Hall–Kier alpha value is -2.64. The molecule has 7 heteroatoms. The summed E-state index contributed by atoms with van der Waals surface area (Å²) in [5.41, 5.74) is 2.54. The highest BCUT2D eigenvalue weighted by atomic mass is 32.2. The first-order valence-electron chi connectivity index (χ1n) is 8.31. The van der Waals surface area contributed by atoms with Crippen molar-refractivity contribution in [2.24, 2.45) is 0 Å². The van der Waals surface area contributed by atoms with E-state index in [1.807, 2.05) is 59.8 Å². The first-order chi connectivity index (χ1) is 13.1. The highest BCUT2D eigenvalue weighted by Gasteiger charge is 2.37. The molecule has 136 valence electrons. The molecule has 4 rings (SSSR count). The van der Waals surface area contributed by atoms with Crippen LogP contribution >= 0.6 is 23.5 Å². The molecule has 0 radical (unpaired) electrons. The number of nitrogens with one attached hydrogen (secondary N) is 1. The molecule has 0 unspecified atom stereocenters. The van der Waals surface area contributed by atoms with Crippen LogP contribution in [0, 0.1) is 5.41 Å². The molecule has 0 atom stereocenters. The van der Waals surface area contributed by atoms with Gasteiger partial charge in [-0.05, 0) is 29.5 Å². The van der Waals surface area contributed by atoms with Crippen molar-refractivity contribution in [3.63, 3.8) is 0 Å². The van der Waals surface area contributed by atoms with Crippen molar-refractivity contribution in [3.8, 4) is 5.75 Å². The van der Waals surface area contributed by atoms with E-state index in [1.165, 1.54) is 28.4 Å². The number of aromatic hydroxyl groups is 1. The van der Waals surface area contributed by atoms with E-state index < -0.39 is 0 Å². The monoisotopic (exact) mass is 395 g/mol. The van der Waals surface area contributed by atoms with Gasteiger partial charge < -0.3 is 10.0 Å². The van der Waals surface area contributed by atoms with Gasteiger partial charge in [0.05, 0.1) is 17.3 Å². The normalized spacial score (nSPS) is 19.8. The molecule has 2 aliphatic rings. The van der Waals surface area contributed by atoms with Gasteiger partial charge in [0.1, 0.15) is 10.7 Å². The SMILES string of the molecule is CN1C(c2ccccc2O)=CS/C1=C1\SC(=N)N(Cc2ccccc2)C1=O. The van der Waals surface area contributed by atoms with Crippen LogP contribution < -0.4 is 0 Å². The second-order valence-corrected chi connectivity index (χ2v) is 7.97. The van der Waals surface area contributed by atoms with Crippen molar-refractivity contribution < 1.29 is 9.90 Å². The lowest BCUT2D eigenvalue weighted by molar-refractivity contribution is -0.122. The number of para-hydroxylation sites is 1. The molecule has 2 aromatic rings. The van der Waals surface area contributed by atoms with Gasteiger partial charge in [-0.25, -0.2) is 0 Å². The molecular weight excluding hydrogens is 378 g/mol. The predicted molar refractivity (Wildman–Crippen MR) is 111 cm³/mol. The Morgan fingerprint density at radius 1 is 1.07 bits per heavy atom. The van der Waals surface area contributed by atoms with Crippen molar-refractivity contribution in [2.75, 3.05) is 7.05 Å². The summed E-state index contributed by atoms with van der Waals surface area (Å²) >= 11 is 2.63. The Kier molecular flexibility index (Phi) is 4.72. The molecular formula is C20H17N3O2S2. The summed E-state index contributed by atoms with van der Waals surface area (Å²) in [5.74, 6) is 0.0430. The molecule has 0 spiro atoms. The van der Waals surface area contributed by atoms with Crippen molar-refractivity contribution >= 4 is 40.3 Å². The van der Waals surface area contributed by atoms with E-state index >= 15 is 0 Å². The Labute approximate surface area is 165 Å². The molecule has 0 aliphatic carbocycles. The zero-order valence-corrected chi connectivity index (χ0v) is 16.2. The first-order valence-corrected chi connectivity index (χ1v) is 10.0. The standard InChI is InChI=1S/C20H17N3O2S2/c1-22-15(14-9-5-6-10-16(14)24)12-26-19(22)17-18(25)23(20(21)27-17)11-13-7-3-2-4-8-13/h2-10,12,21,24H,11H2,1H3/b19-17-,21-20?. The summed E-state index contributed by atoms with van der Waals surface area (Å²) in [5, 5.41) is 21.3. The largest absolute Gasteiger partial charge is 0.507 e. The molecule has 0 bridgehead atoms. The fourth-order valence-corrected chi connectivity index (χ4v) is 5.08.